The number of carbonyl (C=O) groups is 2. The van der Waals surface area contributed by atoms with E-state index in [0.717, 1.165) is 17.4 Å². The number of nitrogens with two attached hydrogens (primary N) is 1. The van der Waals surface area contributed by atoms with Crippen LogP contribution in [-0.4, -0.2) is 26.2 Å². The summed E-state index contributed by atoms with van der Waals surface area (Å²) in [6.07, 6.45) is 1.83. The van der Waals surface area contributed by atoms with E-state index >= 15 is 0 Å². The summed E-state index contributed by atoms with van der Waals surface area (Å²) in [5.74, 6) is -1.27. The SMILES string of the molecule is Cc1ccn(-c2ccc(-n3c(N)c4c(cc3=O)C(=O)NC4=O)cc2)n1. The van der Waals surface area contributed by atoms with Gasteiger partial charge in [0.15, 0.2) is 0 Å². The van der Waals surface area contributed by atoms with E-state index in [2.05, 4.69) is 10.4 Å². The lowest BCUT2D eigenvalue weighted by Gasteiger charge is -2.12. The average molecular weight is 335 g/mol. The second-order valence-electron chi connectivity index (χ2n) is 5.69. The molecule has 1 aromatic carbocycles. The first-order valence-corrected chi connectivity index (χ1v) is 7.50. The number of fused-ring (bicyclic) bond motifs is 1. The summed E-state index contributed by atoms with van der Waals surface area (Å²) >= 11 is 0. The second kappa shape index (κ2) is 5.17. The number of anilines is 1. The molecule has 4 rings (SSSR count). The van der Waals surface area contributed by atoms with Gasteiger partial charge in [-0.25, -0.2) is 4.68 Å². The molecule has 8 heteroatoms. The highest BCUT2D eigenvalue weighted by atomic mass is 16.2. The zero-order valence-electron chi connectivity index (χ0n) is 13.2. The highest BCUT2D eigenvalue weighted by molar-refractivity contribution is 6.23. The Bertz CT molecular complexity index is 1090. The molecule has 0 unspecified atom stereocenters. The largest absolute Gasteiger partial charge is 0.384 e. The molecule has 3 heterocycles. The van der Waals surface area contributed by atoms with Crippen LogP contribution in [0.5, 0.6) is 0 Å². The van der Waals surface area contributed by atoms with Crippen LogP contribution in [0.3, 0.4) is 0 Å². The van der Waals surface area contributed by atoms with Crippen molar-refractivity contribution in [1.82, 2.24) is 19.7 Å². The molecule has 0 spiro atoms. The van der Waals surface area contributed by atoms with Gasteiger partial charge in [0, 0.05) is 12.3 Å². The first kappa shape index (κ1) is 14.9. The molecule has 0 atom stereocenters. The minimum Gasteiger partial charge on any atom is -0.384 e. The molecule has 124 valence electrons. The molecular formula is C17H13N5O3. The lowest BCUT2D eigenvalue weighted by atomic mass is 10.1. The summed E-state index contributed by atoms with van der Waals surface area (Å²) in [4.78, 5) is 36.0. The first-order valence-electron chi connectivity index (χ1n) is 7.50. The number of hydrogen-bond donors (Lipinski definition) is 2. The lowest BCUT2D eigenvalue weighted by Crippen LogP contribution is -2.24. The van der Waals surface area contributed by atoms with Crippen LogP contribution in [0.2, 0.25) is 0 Å². The van der Waals surface area contributed by atoms with E-state index in [4.69, 9.17) is 5.73 Å². The van der Waals surface area contributed by atoms with Gasteiger partial charge in [0.2, 0.25) is 0 Å². The molecule has 3 N–H and O–H groups in total. The zero-order valence-corrected chi connectivity index (χ0v) is 13.2. The number of hydrogen-bond acceptors (Lipinski definition) is 5. The molecule has 25 heavy (non-hydrogen) atoms. The Morgan fingerprint density at radius 1 is 1.00 bits per heavy atom. The van der Waals surface area contributed by atoms with Crippen molar-refractivity contribution in [3.8, 4) is 11.4 Å². The fourth-order valence-corrected chi connectivity index (χ4v) is 2.86. The predicted octanol–water partition coefficient (Wildman–Crippen LogP) is 0.797. The van der Waals surface area contributed by atoms with Gasteiger partial charge in [-0.3, -0.25) is 24.3 Å². The van der Waals surface area contributed by atoms with Crippen LogP contribution >= 0.6 is 0 Å². The number of nitrogen functional groups attached to an aromatic ring is 1. The van der Waals surface area contributed by atoms with Crippen LogP contribution in [0.15, 0.2) is 47.4 Å². The second-order valence-corrected chi connectivity index (χ2v) is 5.69. The number of aromatic nitrogens is 3. The Morgan fingerprint density at radius 2 is 1.68 bits per heavy atom. The zero-order chi connectivity index (χ0) is 17.7. The maximum absolute atomic E-state index is 12.4. The summed E-state index contributed by atoms with van der Waals surface area (Å²) in [6, 6.07) is 9.97. The van der Waals surface area contributed by atoms with Gasteiger partial charge >= 0.3 is 0 Å². The van der Waals surface area contributed by atoms with Crippen molar-refractivity contribution < 1.29 is 9.59 Å². The fourth-order valence-electron chi connectivity index (χ4n) is 2.86. The van der Waals surface area contributed by atoms with E-state index in [-0.39, 0.29) is 16.9 Å². The van der Waals surface area contributed by atoms with Crippen molar-refractivity contribution in [3.05, 3.63) is 69.8 Å². The third-order valence-corrected chi connectivity index (χ3v) is 4.05. The first-order chi connectivity index (χ1) is 12.0. The van der Waals surface area contributed by atoms with Crippen molar-refractivity contribution in [2.24, 2.45) is 0 Å². The van der Waals surface area contributed by atoms with Crippen molar-refractivity contribution >= 4 is 17.6 Å². The predicted molar refractivity (Wildman–Crippen MR) is 90.1 cm³/mol. The highest BCUT2D eigenvalue weighted by Gasteiger charge is 2.31. The Balaban J connectivity index is 1.83. The van der Waals surface area contributed by atoms with Crippen LogP contribution < -0.4 is 16.6 Å². The fraction of sp³-hybridized carbons (Fsp3) is 0.0588. The topological polar surface area (TPSA) is 112 Å². The summed E-state index contributed by atoms with van der Waals surface area (Å²) in [6.45, 7) is 1.89. The molecule has 3 aromatic rings. The number of benzene rings is 1. The monoisotopic (exact) mass is 335 g/mol. The molecule has 0 bridgehead atoms. The van der Waals surface area contributed by atoms with Crippen molar-refractivity contribution in [3.63, 3.8) is 0 Å². The third-order valence-electron chi connectivity index (χ3n) is 4.05. The van der Waals surface area contributed by atoms with Crippen molar-refractivity contribution in [2.75, 3.05) is 5.73 Å². The minimum atomic E-state index is -0.611. The van der Waals surface area contributed by atoms with E-state index in [9.17, 15) is 14.4 Å². The van der Waals surface area contributed by atoms with E-state index in [0.29, 0.717) is 5.69 Å². The van der Waals surface area contributed by atoms with Crippen LogP contribution in [0, 0.1) is 6.92 Å². The van der Waals surface area contributed by atoms with Crippen LogP contribution in [0.25, 0.3) is 11.4 Å². The molecule has 1 aliphatic heterocycles. The van der Waals surface area contributed by atoms with E-state index in [1.165, 1.54) is 4.57 Å². The molecule has 0 saturated carbocycles. The Hall–Kier alpha value is -3.68. The van der Waals surface area contributed by atoms with Crippen molar-refractivity contribution in [1.29, 1.82) is 0 Å². The number of nitrogens with one attached hydrogen (secondary N) is 1. The Morgan fingerprint density at radius 3 is 2.32 bits per heavy atom. The highest BCUT2D eigenvalue weighted by Crippen LogP contribution is 2.23. The summed E-state index contributed by atoms with van der Waals surface area (Å²) in [7, 11) is 0. The summed E-state index contributed by atoms with van der Waals surface area (Å²) in [5, 5.41) is 6.46. The minimum absolute atomic E-state index is 0.00684. The molecule has 8 nitrogen and oxygen atoms in total. The molecule has 2 amide bonds. The molecule has 0 radical (unpaired) electrons. The Labute approximate surface area is 141 Å². The van der Waals surface area contributed by atoms with Gasteiger partial charge in [-0.2, -0.15) is 5.10 Å². The summed E-state index contributed by atoms with van der Waals surface area (Å²) < 4.78 is 2.91. The third kappa shape index (κ3) is 2.23. The Kier molecular flexibility index (Phi) is 3.08. The van der Waals surface area contributed by atoms with E-state index < -0.39 is 17.4 Å². The van der Waals surface area contributed by atoms with Crippen LogP contribution in [-0.2, 0) is 0 Å². The quantitative estimate of drug-likeness (QED) is 0.673. The maximum atomic E-state index is 12.4. The smallest absolute Gasteiger partial charge is 0.262 e. The number of aryl methyl sites for hydroxylation is 1. The number of carbonyl (C=O) groups excluding carboxylic acids is 2. The lowest BCUT2D eigenvalue weighted by molar-refractivity contribution is 0.0880. The van der Waals surface area contributed by atoms with Gasteiger partial charge in [0.1, 0.15) is 5.82 Å². The number of amides is 2. The number of pyridine rings is 1. The number of rotatable bonds is 2. The molecular weight excluding hydrogens is 322 g/mol. The molecule has 0 aliphatic carbocycles. The van der Waals surface area contributed by atoms with Crippen LogP contribution in [0.4, 0.5) is 5.82 Å². The molecule has 2 aromatic heterocycles. The van der Waals surface area contributed by atoms with Gasteiger partial charge in [-0.1, -0.05) is 0 Å². The molecule has 1 aliphatic rings. The number of nitrogens with zero attached hydrogens (tertiary/aromatic N) is 3. The standard InChI is InChI=1S/C17H13N5O3/c1-9-6-7-21(20-9)10-2-4-11(5-3-10)22-13(23)8-12-14(15(22)18)17(25)19-16(12)24/h2-8H,18H2,1H3,(H,19,24,25). The average Bonchev–Trinajstić information content (AvgIpc) is 3.12. The van der Waals surface area contributed by atoms with E-state index in [1.807, 2.05) is 19.2 Å². The molecule has 0 fully saturated rings. The van der Waals surface area contributed by atoms with Gasteiger partial charge in [-0.15, -0.1) is 0 Å². The maximum Gasteiger partial charge on any atom is 0.262 e. The van der Waals surface area contributed by atoms with Crippen molar-refractivity contribution in [2.45, 2.75) is 6.92 Å². The summed E-state index contributed by atoms with van der Waals surface area (Å²) in [5.41, 5.74) is 7.75. The number of imide groups is 1. The van der Waals surface area contributed by atoms with Crippen LogP contribution in [0.1, 0.15) is 26.4 Å². The molecule has 0 saturated heterocycles. The van der Waals surface area contributed by atoms with Gasteiger partial charge in [-0.05, 0) is 37.3 Å². The normalized spacial score (nSPS) is 13.0. The van der Waals surface area contributed by atoms with Gasteiger partial charge in [0.05, 0.1) is 28.2 Å². The van der Waals surface area contributed by atoms with Gasteiger partial charge < -0.3 is 5.73 Å². The van der Waals surface area contributed by atoms with Gasteiger partial charge in [0.25, 0.3) is 17.4 Å². The van der Waals surface area contributed by atoms with E-state index in [1.54, 1.807) is 28.9 Å².